The Kier molecular flexibility index (Phi) is 4.89. The van der Waals surface area contributed by atoms with E-state index in [9.17, 15) is 4.79 Å². The Labute approximate surface area is 137 Å². The zero-order valence-corrected chi connectivity index (χ0v) is 14.2. The number of anilines is 2. The Morgan fingerprint density at radius 3 is 2.48 bits per heavy atom. The van der Waals surface area contributed by atoms with E-state index in [4.69, 9.17) is 4.74 Å². The van der Waals surface area contributed by atoms with Crippen LogP contribution in [0.15, 0.2) is 36.5 Å². The van der Waals surface area contributed by atoms with Crippen molar-refractivity contribution in [3.63, 3.8) is 0 Å². The fraction of sp³-hybridized carbons (Fsp3) is 0.333. The van der Waals surface area contributed by atoms with E-state index in [1.165, 1.54) is 0 Å². The Bertz CT molecular complexity index is 688. The van der Waals surface area contributed by atoms with Crippen LogP contribution in [-0.2, 0) is 0 Å². The van der Waals surface area contributed by atoms with Gasteiger partial charge in [-0.15, -0.1) is 0 Å². The van der Waals surface area contributed by atoms with Crippen molar-refractivity contribution in [1.29, 1.82) is 0 Å². The summed E-state index contributed by atoms with van der Waals surface area (Å²) in [5.74, 6) is 0.353. The molecule has 0 unspecified atom stereocenters. The van der Waals surface area contributed by atoms with Crippen LogP contribution < -0.4 is 15.4 Å². The molecule has 1 amide bonds. The van der Waals surface area contributed by atoms with Gasteiger partial charge in [0.15, 0.2) is 0 Å². The number of carbonyl (C=O) groups is 1. The highest BCUT2D eigenvalue weighted by Gasteiger charge is 2.13. The average molecular weight is 313 g/mol. The first-order chi connectivity index (χ1) is 10.8. The van der Waals surface area contributed by atoms with Crippen LogP contribution >= 0.6 is 0 Å². The quantitative estimate of drug-likeness (QED) is 0.899. The maximum absolute atomic E-state index is 12.3. The third-order valence-corrected chi connectivity index (χ3v) is 3.12. The summed E-state index contributed by atoms with van der Waals surface area (Å²) in [6, 6.07) is 9.17. The van der Waals surface area contributed by atoms with Gasteiger partial charge >= 0.3 is 0 Å². The predicted molar refractivity (Wildman–Crippen MR) is 93.3 cm³/mol. The van der Waals surface area contributed by atoms with Crippen molar-refractivity contribution in [3.8, 4) is 5.75 Å². The van der Waals surface area contributed by atoms with Gasteiger partial charge in [0.1, 0.15) is 11.4 Å². The van der Waals surface area contributed by atoms with Gasteiger partial charge in [-0.1, -0.05) is 6.07 Å². The van der Waals surface area contributed by atoms with E-state index < -0.39 is 0 Å². The Morgan fingerprint density at radius 2 is 1.91 bits per heavy atom. The van der Waals surface area contributed by atoms with Crippen LogP contribution in [0.1, 0.15) is 36.8 Å². The van der Waals surface area contributed by atoms with E-state index in [1.807, 2.05) is 31.2 Å². The van der Waals surface area contributed by atoms with Crippen LogP contribution in [0.4, 0.5) is 11.4 Å². The molecule has 0 aliphatic rings. The summed E-state index contributed by atoms with van der Waals surface area (Å²) in [7, 11) is 1.57. The van der Waals surface area contributed by atoms with Gasteiger partial charge in [0.05, 0.1) is 24.7 Å². The Hall–Kier alpha value is -2.56. The molecule has 0 spiro atoms. The molecule has 0 aliphatic heterocycles. The monoisotopic (exact) mass is 313 g/mol. The van der Waals surface area contributed by atoms with E-state index in [-0.39, 0.29) is 11.4 Å². The standard InChI is InChI=1S/C18H23N3O2/c1-12-6-9-16(23-5)15(10-12)20-17(22)14-8-7-13(11-19-14)21-18(2,3)4/h6-11,21H,1-5H3,(H,20,22). The van der Waals surface area contributed by atoms with Crippen LogP contribution in [-0.4, -0.2) is 23.5 Å². The normalized spacial score (nSPS) is 11.0. The molecule has 1 heterocycles. The number of benzene rings is 1. The highest BCUT2D eigenvalue weighted by molar-refractivity contribution is 6.03. The second-order valence-electron chi connectivity index (χ2n) is 6.46. The number of nitrogens with one attached hydrogen (secondary N) is 2. The maximum atomic E-state index is 12.3. The topological polar surface area (TPSA) is 63.2 Å². The highest BCUT2D eigenvalue weighted by atomic mass is 16.5. The Morgan fingerprint density at radius 1 is 1.17 bits per heavy atom. The summed E-state index contributed by atoms with van der Waals surface area (Å²) < 4.78 is 5.27. The van der Waals surface area contributed by atoms with E-state index in [2.05, 4.69) is 36.4 Å². The summed E-state index contributed by atoms with van der Waals surface area (Å²) in [4.78, 5) is 16.6. The van der Waals surface area contributed by atoms with Gasteiger partial charge in [0.2, 0.25) is 0 Å². The first-order valence-electron chi connectivity index (χ1n) is 7.49. The molecule has 0 atom stereocenters. The first kappa shape index (κ1) is 16.8. The smallest absolute Gasteiger partial charge is 0.274 e. The number of aromatic nitrogens is 1. The third kappa shape index (κ3) is 4.71. The van der Waals surface area contributed by atoms with Crippen molar-refractivity contribution < 1.29 is 9.53 Å². The number of rotatable bonds is 4. The molecule has 0 saturated carbocycles. The third-order valence-electron chi connectivity index (χ3n) is 3.12. The molecule has 2 rings (SSSR count). The summed E-state index contributed by atoms with van der Waals surface area (Å²) >= 11 is 0. The van der Waals surface area contributed by atoms with Crippen molar-refractivity contribution in [1.82, 2.24) is 4.98 Å². The number of amides is 1. The summed E-state index contributed by atoms with van der Waals surface area (Å²) in [6.45, 7) is 8.16. The molecule has 0 saturated heterocycles. The van der Waals surface area contributed by atoms with Crippen molar-refractivity contribution in [2.24, 2.45) is 0 Å². The van der Waals surface area contributed by atoms with Crippen LogP contribution in [0, 0.1) is 6.92 Å². The molecule has 1 aromatic heterocycles. The van der Waals surface area contributed by atoms with Gasteiger partial charge in [-0.05, 0) is 57.5 Å². The van der Waals surface area contributed by atoms with E-state index in [1.54, 1.807) is 19.4 Å². The van der Waals surface area contributed by atoms with Crippen LogP contribution in [0.25, 0.3) is 0 Å². The van der Waals surface area contributed by atoms with Gasteiger partial charge in [-0.3, -0.25) is 4.79 Å². The minimum absolute atomic E-state index is 0.0552. The highest BCUT2D eigenvalue weighted by Crippen LogP contribution is 2.25. The van der Waals surface area contributed by atoms with Crippen molar-refractivity contribution in [2.45, 2.75) is 33.2 Å². The minimum Gasteiger partial charge on any atom is -0.495 e. The molecule has 5 nitrogen and oxygen atoms in total. The molecular weight excluding hydrogens is 290 g/mol. The maximum Gasteiger partial charge on any atom is 0.274 e. The van der Waals surface area contributed by atoms with Crippen molar-refractivity contribution >= 4 is 17.3 Å². The average Bonchev–Trinajstić information content (AvgIpc) is 2.46. The summed E-state index contributed by atoms with van der Waals surface area (Å²) in [5, 5.41) is 6.15. The largest absolute Gasteiger partial charge is 0.495 e. The number of hydrogen-bond donors (Lipinski definition) is 2. The van der Waals surface area contributed by atoms with Gasteiger partial charge in [-0.2, -0.15) is 0 Å². The second kappa shape index (κ2) is 6.69. The number of hydrogen-bond acceptors (Lipinski definition) is 4. The molecule has 122 valence electrons. The molecule has 2 N–H and O–H groups in total. The van der Waals surface area contributed by atoms with Crippen LogP contribution in [0.5, 0.6) is 5.75 Å². The lowest BCUT2D eigenvalue weighted by atomic mass is 10.1. The van der Waals surface area contributed by atoms with E-state index in [0.717, 1.165) is 11.3 Å². The van der Waals surface area contributed by atoms with E-state index in [0.29, 0.717) is 17.1 Å². The zero-order valence-electron chi connectivity index (χ0n) is 14.2. The van der Waals surface area contributed by atoms with Gasteiger partial charge in [0.25, 0.3) is 5.91 Å². The zero-order chi connectivity index (χ0) is 17.0. The van der Waals surface area contributed by atoms with Gasteiger partial charge in [-0.25, -0.2) is 4.98 Å². The number of carbonyl (C=O) groups excluding carboxylic acids is 1. The molecule has 2 aromatic rings. The van der Waals surface area contributed by atoms with Crippen LogP contribution in [0.3, 0.4) is 0 Å². The molecule has 23 heavy (non-hydrogen) atoms. The van der Waals surface area contributed by atoms with Gasteiger partial charge in [0, 0.05) is 5.54 Å². The molecule has 5 heteroatoms. The molecule has 0 fully saturated rings. The molecule has 0 aliphatic carbocycles. The fourth-order valence-electron chi connectivity index (χ4n) is 2.14. The van der Waals surface area contributed by atoms with Crippen molar-refractivity contribution in [2.75, 3.05) is 17.7 Å². The molecular formula is C18H23N3O2. The lowest BCUT2D eigenvalue weighted by Crippen LogP contribution is -2.26. The summed E-state index contributed by atoms with van der Waals surface area (Å²) in [6.07, 6.45) is 1.66. The van der Waals surface area contributed by atoms with E-state index >= 15 is 0 Å². The number of ether oxygens (including phenoxy) is 1. The minimum atomic E-state index is -0.267. The lowest BCUT2D eigenvalue weighted by molar-refractivity contribution is 0.102. The molecule has 0 bridgehead atoms. The van der Waals surface area contributed by atoms with Crippen LogP contribution in [0.2, 0.25) is 0 Å². The fourth-order valence-corrected chi connectivity index (χ4v) is 2.14. The SMILES string of the molecule is COc1ccc(C)cc1NC(=O)c1ccc(NC(C)(C)C)cn1. The number of aryl methyl sites for hydroxylation is 1. The molecule has 0 radical (unpaired) electrons. The summed E-state index contributed by atoms with van der Waals surface area (Å²) in [5.41, 5.74) is 2.85. The first-order valence-corrected chi connectivity index (χ1v) is 7.49. The number of nitrogens with zero attached hydrogens (tertiary/aromatic N) is 1. The number of methoxy groups -OCH3 is 1. The van der Waals surface area contributed by atoms with Gasteiger partial charge < -0.3 is 15.4 Å². The second-order valence-corrected chi connectivity index (χ2v) is 6.46. The molecule has 1 aromatic carbocycles. The predicted octanol–water partition coefficient (Wildman–Crippen LogP) is 3.86. The Balaban J connectivity index is 2.14. The lowest BCUT2D eigenvalue weighted by Gasteiger charge is -2.21. The number of pyridine rings is 1. The van der Waals surface area contributed by atoms with Crippen molar-refractivity contribution in [3.05, 3.63) is 47.8 Å².